The van der Waals surface area contributed by atoms with Crippen LogP contribution in [0.1, 0.15) is 41.4 Å². The summed E-state index contributed by atoms with van der Waals surface area (Å²) < 4.78 is 19.2. The average molecular weight is 635 g/mol. The van der Waals surface area contributed by atoms with Gasteiger partial charge in [-0.05, 0) is 61.4 Å². The summed E-state index contributed by atoms with van der Waals surface area (Å²) in [6.45, 7) is 2.57. The van der Waals surface area contributed by atoms with Crippen molar-refractivity contribution in [2.75, 3.05) is 7.11 Å². The van der Waals surface area contributed by atoms with Crippen molar-refractivity contribution >= 4 is 30.6 Å². The first-order valence-electron chi connectivity index (χ1n) is 13.6. The number of pyridine rings is 1. The van der Waals surface area contributed by atoms with Gasteiger partial charge in [0.25, 0.3) is 5.91 Å². The van der Waals surface area contributed by atoms with Gasteiger partial charge in [0.1, 0.15) is 29.1 Å². The van der Waals surface area contributed by atoms with Gasteiger partial charge in [-0.2, -0.15) is 4.98 Å². The summed E-state index contributed by atoms with van der Waals surface area (Å²) in [7, 11) is -2.44. The third-order valence-corrected chi connectivity index (χ3v) is 9.24. The fourth-order valence-corrected chi connectivity index (χ4v) is 6.49. The molecule has 0 saturated heterocycles. The Morgan fingerprint density at radius 3 is 1.91 bits per heavy atom. The largest absolute Gasteiger partial charge is 0.497 e. The Bertz CT molecular complexity index is 1700. The van der Waals surface area contributed by atoms with Crippen LogP contribution in [0.3, 0.4) is 0 Å². The molecule has 2 aromatic heterocycles. The predicted octanol–water partition coefficient (Wildman–Crippen LogP) is 2.72. The number of nitrogens with one attached hydrogen (secondary N) is 3. The second-order valence-electron chi connectivity index (χ2n) is 9.90. The molecular weight excluding hydrogens is 603 g/mol. The van der Waals surface area contributed by atoms with Crippen molar-refractivity contribution in [1.82, 2.24) is 30.4 Å². The number of benzene rings is 2. The van der Waals surface area contributed by atoms with Crippen molar-refractivity contribution in [3.63, 3.8) is 0 Å². The second kappa shape index (κ2) is 14.1. The highest BCUT2D eigenvalue weighted by atomic mass is 31.2. The molecule has 14 nitrogen and oxygen atoms in total. The maximum Gasteiger partial charge on any atom is 0.320 e. The summed E-state index contributed by atoms with van der Waals surface area (Å²) >= 11 is 0. The van der Waals surface area contributed by atoms with E-state index < -0.39 is 49.3 Å². The van der Waals surface area contributed by atoms with Gasteiger partial charge in [0.15, 0.2) is 5.82 Å². The Morgan fingerprint density at radius 2 is 1.42 bits per heavy atom. The topological polar surface area (TPSA) is 213 Å². The zero-order valence-corrected chi connectivity index (χ0v) is 25.3. The molecular formula is C30H31N6O8P. The highest BCUT2D eigenvalue weighted by molar-refractivity contribution is 7.67. The number of aromatic nitrogens is 3. The normalized spacial score (nSPS) is 14.4. The van der Waals surface area contributed by atoms with Gasteiger partial charge in [0.2, 0.25) is 13.3 Å². The molecule has 0 bridgehead atoms. The van der Waals surface area contributed by atoms with Crippen LogP contribution in [0.4, 0.5) is 0 Å². The summed E-state index contributed by atoms with van der Waals surface area (Å²) in [4.78, 5) is 48.8. The van der Waals surface area contributed by atoms with Crippen LogP contribution >= 0.6 is 7.44 Å². The number of hydrogen-bond donors (Lipinski definition) is 6. The first-order valence-corrected chi connectivity index (χ1v) is 15.3. The lowest BCUT2D eigenvalue weighted by molar-refractivity contribution is -0.139. The van der Waals surface area contributed by atoms with E-state index >= 15 is 0 Å². The Hall–Kier alpha value is -5.17. The molecule has 6 N–H and O–H groups in total. The van der Waals surface area contributed by atoms with Gasteiger partial charge in [-0.1, -0.05) is 30.3 Å². The highest BCUT2D eigenvalue weighted by Gasteiger charge is 2.33. The molecule has 0 aliphatic rings. The summed E-state index contributed by atoms with van der Waals surface area (Å²) in [5.41, 5.74) is 1.37. The molecule has 0 saturated carbocycles. The van der Waals surface area contributed by atoms with E-state index in [-0.39, 0.29) is 16.7 Å². The van der Waals surface area contributed by atoms with Crippen LogP contribution in [0.2, 0.25) is 0 Å². The fraction of sp³-hybridized carbons (Fsp3) is 0.200. The molecule has 0 aliphatic heterocycles. The fourth-order valence-electron chi connectivity index (χ4n) is 4.23. The average Bonchev–Trinajstić information content (AvgIpc) is 3.03. The summed E-state index contributed by atoms with van der Waals surface area (Å²) in [5, 5.41) is 37.4. The van der Waals surface area contributed by atoms with Gasteiger partial charge >= 0.3 is 11.9 Å². The van der Waals surface area contributed by atoms with Crippen molar-refractivity contribution in [1.29, 1.82) is 0 Å². The van der Waals surface area contributed by atoms with Gasteiger partial charge in [0.05, 0.1) is 13.2 Å². The van der Waals surface area contributed by atoms with E-state index in [1.165, 1.54) is 39.3 Å². The number of methoxy groups -OCH3 is 1. The van der Waals surface area contributed by atoms with Crippen LogP contribution in [0.15, 0.2) is 79.1 Å². The third-order valence-electron chi connectivity index (χ3n) is 6.71. The van der Waals surface area contributed by atoms with Crippen LogP contribution in [0, 0.1) is 0 Å². The summed E-state index contributed by atoms with van der Waals surface area (Å²) in [5.74, 6) is -3.09. The molecule has 0 fully saturated rings. The molecule has 1 amide bonds. The van der Waals surface area contributed by atoms with Gasteiger partial charge in [-0.15, -0.1) is 0 Å². The maximum atomic E-state index is 13.9. The van der Waals surface area contributed by atoms with Gasteiger partial charge in [-0.3, -0.25) is 23.9 Å². The third kappa shape index (κ3) is 7.87. The molecule has 0 aliphatic carbocycles. The maximum absolute atomic E-state index is 13.9. The first-order chi connectivity index (χ1) is 21.4. The Balaban J connectivity index is 1.68. The number of rotatable bonds is 13. The number of carboxylic acids is 2. The number of aliphatic carboxylic acids is 2. The molecule has 4 aromatic rings. The standard InChI is InChI=1S/C30H31N6O8P/c1-17(29(39)40)35-45(43,36-18(2)30(41)42)22-13-9-20(10-14-22)25(19-7-11-21(44-3)12-8-19)33-27(37)23-16-32-26(34-28(23)38)24-6-4-5-15-31-24/h4-18,25H,1-3H3,(H,33,37)(H,39,40)(H,41,42)(H,32,34,38)(H2,35,36,43). The molecule has 3 unspecified atom stereocenters. The number of nitrogens with zero attached hydrogens (tertiary/aromatic N) is 3. The van der Waals surface area contributed by atoms with Gasteiger partial charge in [-0.25, -0.2) is 15.2 Å². The van der Waals surface area contributed by atoms with Crippen molar-refractivity contribution < 1.29 is 39.0 Å². The van der Waals surface area contributed by atoms with Crippen LogP contribution < -0.4 is 25.5 Å². The lowest BCUT2D eigenvalue weighted by Gasteiger charge is -2.26. The van der Waals surface area contributed by atoms with Crippen molar-refractivity contribution in [3.8, 4) is 23.1 Å². The van der Waals surface area contributed by atoms with Crippen LogP contribution in [-0.2, 0) is 14.2 Å². The summed E-state index contributed by atoms with van der Waals surface area (Å²) in [6.07, 6.45) is 2.74. The SMILES string of the molecule is COc1ccc(C(NC(=O)c2cnc(-c3ccccn3)nc2O)c2ccc(P(=O)(NC(C)C(=O)O)NC(C)C(=O)O)cc2)cc1. The van der Waals surface area contributed by atoms with Crippen molar-refractivity contribution in [3.05, 3.63) is 95.8 Å². The molecule has 0 spiro atoms. The lowest BCUT2D eigenvalue weighted by atomic mass is 9.98. The van der Waals surface area contributed by atoms with Crippen molar-refractivity contribution in [2.45, 2.75) is 32.0 Å². The van der Waals surface area contributed by atoms with E-state index in [9.17, 15) is 34.3 Å². The van der Waals surface area contributed by atoms with Crippen LogP contribution in [0.25, 0.3) is 11.5 Å². The molecule has 15 heteroatoms. The summed E-state index contributed by atoms with van der Waals surface area (Å²) in [6, 6.07) is 14.7. The molecule has 4 rings (SSSR count). The number of carbonyl (C=O) groups is 3. The smallest absolute Gasteiger partial charge is 0.320 e. The molecule has 2 aromatic carbocycles. The van der Waals surface area contributed by atoms with E-state index in [2.05, 4.69) is 30.4 Å². The number of ether oxygens (including phenoxy) is 1. The molecule has 2 heterocycles. The number of carbonyl (C=O) groups excluding carboxylic acids is 1. The minimum absolute atomic E-state index is 0.114. The zero-order valence-electron chi connectivity index (χ0n) is 24.4. The van der Waals surface area contributed by atoms with Crippen LogP contribution in [-0.4, -0.2) is 67.3 Å². The first kappa shape index (κ1) is 32.7. The quantitative estimate of drug-likeness (QED) is 0.117. The second-order valence-corrected chi connectivity index (χ2v) is 12.2. The molecule has 45 heavy (non-hydrogen) atoms. The molecule has 0 radical (unpaired) electrons. The van der Waals surface area contributed by atoms with E-state index in [0.717, 1.165) is 0 Å². The van der Waals surface area contributed by atoms with Crippen LogP contribution in [0.5, 0.6) is 11.6 Å². The Kier molecular flexibility index (Phi) is 10.2. The minimum atomic E-state index is -3.96. The van der Waals surface area contributed by atoms with E-state index in [0.29, 0.717) is 22.6 Å². The number of hydrogen-bond acceptors (Lipinski definition) is 9. The van der Waals surface area contributed by atoms with Crippen molar-refractivity contribution in [2.24, 2.45) is 0 Å². The minimum Gasteiger partial charge on any atom is -0.497 e. The number of amides is 1. The highest BCUT2D eigenvalue weighted by Crippen LogP contribution is 2.37. The zero-order chi connectivity index (χ0) is 32.7. The van der Waals surface area contributed by atoms with E-state index in [1.54, 1.807) is 60.8 Å². The molecule has 234 valence electrons. The number of carboxylic acid groups (broad SMARTS) is 2. The van der Waals surface area contributed by atoms with E-state index in [1.807, 2.05) is 0 Å². The predicted molar refractivity (Wildman–Crippen MR) is 163 cm³/mol. The van der Waals surface area contributed by atoms with Gasteiger partial charge < -0.3 is 25.4 Å². The number of aromatic hydroxyl groups is 1. The Morgan fingerprint density at radius 1 is 0.844 bits per heavy atom. The Labute approximate surface area is 258 Å². The van der Waals surface area contributed by atoms with E-state index in [4.69, 9.17) is 4.74 Å². The lowest BCUT2D eigenvalue weighted by Crippen LogP contribution is -2.43. The monoisotopic (exact) mass is 634 g/mol. The molecule has 3 atom stereocenters. The van der Waals surface area contributed by atoms with Gasteiger partial charge in [0, 0.05) is 17.7 Å².